The first-order chi connectivity index (χ1) is 15.0. The molecule has 2 saturated carbocycles. The third-order valence-corrected chi connectivity index (χ3v) is 8.78. The van der Waals surface area contributed by atoms with E-state index in [4.69, 9.17) is 4.98 Å². The lowest BCUT2D eigenvalue weighted by Gasteiger charge is -2.21. The van der Waals surface area contributed by atoms with E-state index in [0.29, 0.717) is 11.6 Å². The minimum Gasteiger partial charge on any atom is -0.275 e. The molecule has 0 radical (unpaired) electrons. The van der Waals surface area contributed by atoms with Gasteiger partial charge in [-0.1, -0.05) is 24.6 Å². The zero-order chi connectivity index (χ0) is 21.2. The van der Waals surface area contributed by atoms with Crippen LogP contribution in [0.3, 0.4) is 0 Å². The largest absolute Gasteiger partial charge is 0.275 e. The lowest BCUT2D eigenvalue weighted by Crippen LogP contribution is -2.13. The van der Waals surface area contributed by atoms with Crippen molar-refractivity contribution >= 4 is 21.1 Å². The maximum absolute atomic E-state index is 13.4. The van der Waals surface area contributed by atoms with Crippen LogP contribution in [0.4, 0.5) is 0 Å². The second kappa shape index (κ2) is 6.79. The van der Waals surface area contributed by atoms with Gasteiger partial charge in [-0.05, 0) is 60.8 Å². The van der Waals surface area contributed by atoms with Crippen molar-refractivity contribution in [2.24, 2.45) is 18.9 Å². The monoisotopic (exact) mass is 432 g/mol. The molecule has 4 aromatic rings. The second-order valence-electron chi connectivity index (χ2n) is 8.98. The van der Waals surface area contributed by atoms with Crippen LogP contribution >= 0.6 is 0 Å². The summed E-state index contributed by atoms with van der Waals surface area (Å²) in [6, 6.07) is 10.7. The highest BCUT2D eigenvalue weighted by molar-refractivity contribution is 7.90. The van der Waals surface area contributed by atoms with Gasteiger partial charge < -0.3 is 0 Å². The predicted molar refractivity (Wildman–Crippen MR) is 119 cm³/mol. The molecule has 7 heteroatoms. The highest BCUT2D eigenvalue weighted by Gasteiger charge is 2.40. The van der Waals surface area contributed by atoms with Gasteiger partial charge in [0.25, 0.3) is 10.0 Å². The molecule has 1 aromatic carbocycles. The van der Waals surface area contributed by atoms with Crippen molar-refractivity contribution in [2.45, 2.75) is 36.5 Å². The average molecular weight is 433 g/mol. The number of nitrogens with zero attached hydrogens (tertiary/aromatic N) is 4. The number of benzene rings is 1. The van der Waals surface area contributed by atoms with E-state index in [1.54, 1.807) is 41.3 Å². The van der Waals surface area contributed by atoms with Crippen LogP contribution in [0, 0.1) is 11.8 Å². The van der Waals surface area contributed by atoms with Crippen LogP contribution in [0.5, 0.6) is 0 Å². The summed E-state index contributed by atoms with van der Waals surface area (Å²) < 4.78 is 29.9. The maximum Gasteiger partial charge on any atom is 0.269 e. The quantitative estimate of drug-likeness (QED) is 0.473. The number of aromatic nitrogens is 4. The van der Waals surface area contributed by atoms with Crippen LogP contribution in [-0.4, -0.2) is 27.2 Å². The number of pyridine rings is 1. The van der Waals surface area contributed by atoms with Gasteiger partial charge >= 0.3 is 0 Å². The molecule has 0 amide bonds. The number of aryl methyl sites for hydroxylation is 1. The van der Waals surface area contributed by atoms with Gasteiger partial charge in [-0.25, -0.2) is 17.4 Å². The van der Waals surface area contributed by atoms with Crippen molar-refractivity contribution in [1.82, 2.24) is 18.7 Å². The van der Waals surface area contributed by atoms with E-state index >= 15 is 0 Å². The van der Waals surface area contributed by atoms with Gasteiger partial charge in [0.05, 0.1) is 11.1 Å². The minimum absolute atomic E-state index is 0.253. The predicted octanol–water partition coefficient (Wildman–Crippen LogP) is 4.58. The molecule has 6 rings (SSSR count). The Bertz CT molecular complexity index is 1390. The van der Waals surface area contributed by atoms with E-state index in [9.17, 15) is 8.42 Å². The second-order valence-corrected chi connectivity index (χ2v) is 10.8. The number of hydrogen-bond donors (Lipinski definition) is 0. The molecule has 3 atom stereocenters. The highest BCUT2D eigenvalue weighted by Crippen LogP contribution is 2.53. The Kier molecular flexibility index (Phi) is 4.12. The lowest BCUT2D eigenvalue weighted by molar-refractivity contribution is 0.419. The summed E-state index contributed by atoms with van der Waals surface area (Å²) in [6.45, 7) is 0. The fraction of sp³-hybridized carbons (Fsp3) is 0.333. The van der Waals surface area contributed by atoms with Crippen molar-refractivity contribution in [3.05, 3.63) is 66.7 Å². The van der Waals surface area contributed by atoms with E-state index in [1.807, 2.05) is 25.5 Å². The first-order valence-electron chi connectivity index (χ1n) is 10.8. The summed E-state index contributed by atoms with van der Waals surface area (Å²) >= 11 is 0. The summed E-state index contributed by atoms with van der Waals surface area (Å²) in [5, 5.41) is 5.17. The Morgan fingerprint density at radius 3 is 2.55 bits per heavy atom. The van der Waals surface area contributed by atoms with Gasteiger partial charge in [0.2, 0.25) is 0 Å². The molecule has 0 N–H and O–H groups in total. The summed E-state index contributed by atoms with van der Waals surface area (Å²) in [6.07, 6.45) is 12.5. The highest BCUT2D eigenvalue weighted by atomic mass is 32.2. The Morgan fingerprint density at radius 2 is 1.87 bits per heavy atom. The molecule has 3 aromatic heterocycles. The zero-order valence-corrected chi connectivity index (χ0v) is 18.2. The molecule has 2 aliphatic rings. The summed E-state index contributed by atoms with van der Waals surface area (Å²) in [7, 11) is -1.90. The van der Waals surface area contributed by atoms with E-state index in [1.165, 1.54) is 35.2 Å². The van der Waals surface area contributed by atoms with Crippen molar-refractivity contribution < 1.29 is 8.42 Å². The van der Waals surface area contributed by atoms with Gasteiger partial charge in [-0.2, -0.15) is 5.10 Å². The van der Waals surface area contributed by atoms with Crippen LogP contribution < -0.4 is 0 Å². The van der Waals surface area contributed by atoms with Crippen LogP contribution in [0.25, 0.3) is 22.2 Å². The molecular weight excluding hydrogens is 408 g/mol. The van der Waals surface area contributed by atoms with E-state index < -0.39 is 10.0 Å². The SMILES string of the molecule is Cn1cc(-c2cn(S(=O)(=O)c3ccccc3)c3ncc(C4CC5CCC4C5)cc23)cn1. The summed E-state index contributed by atoms with van der Waals surface area (Å²) in [5.41, 5.74) is 3.44. The van der Waals surface area contributed by atoms with Gasteiger partial charge in [-0.3, -0.25) is 4.68 Å². The van der Waals surface area contributed by atoms with Crippen molar-refractivity contribution in [2.75, 3.05) is 0 Å². The molecule has 2 aliphatic carbocycles. The standard InChI is InChI=1S/C24H24N4O2S/c1-27-14-19(13-26-27)23-15-28(31(29,30)20-5-3-2-4-6-20)24-22(23)11-18(12-25-24)21-10-16-7-8-17(21)9-16/h2-6,11-17,21H,7-10H2,1H3. The topological polar surface area (TPSA) is 69.8 Å². The Morgan fingerprint density at radius 1 is 1.03 bits per heavy atom. The Balaban J connectivity index is 1.55. The first kappa shape index (κ1) is 18.8. The zero-order valence-electron chi connectivity index (χ0n) is 17.3. The van der Waals surface area contributed by atoms with Crippen LogP contribution in [0.2, 0.25) is 0 Å². The molecule has 2 fully saturated rings. The molecule has 0 saturated heterocycles. The van der Waals surface area contributed by atoms with Crippen LogP contribution in [-0.2, 0) is 17.1 Å². The molecule has 6 nitrogen and oxygen atoms in total. The van der Waals surface area contributed by atoms with E-state index in [-0.39, 0.29) is 4.90 Å². The van der Waals surface area contributed by atoms with Crippen molar-refractivity contribution in [1.29, 1.82) is 0 Å². The molecular formula is C24H24N4O2S. The Labute approximate surface area is 181 Å². The van der Waals surface area contributed by atoms with Gasteiger partial charge in [0, 0.05) is 42.2 Å². The molecule has 31 heavy (non-hydrogen) atoms. The molecule has 0 aliphatic heterocycles. The fourth-order valence-corrected chi connectivity index (χ4v) is 6.98. The van der Waals surface area contributed by atoms with E-state index in [2.05, 4.69) is 11.2 Å². The molecule has 0 spiro atoms. The summed E-state index contributed by atoms with van der Waals surface area (Å²) in [4.78, 5) is 4.96. The fourth-order valence-electron chi connectivity index (χ4n) is 5.63. The van der Waals surface area contributed by atoms with Crippen molar-refractivity contribution in [3.63, 3.8) is 0 Å². The number of fused-ring (bicyclic) bond motifs is 3. The average Bonchev–Trinajstić information content (AvgIpc) is 3.57. The number of rotatable bonds is 4. The molecule has 3 unspecified atom stereocenters. The molecule has 158 valence electrons. The summed E-state index contributed by atoms with van der Waals surface area (Å²) in [5.74, 6) is 2.11. The molecule has 2 bridgehead atoms. The van der Waals surface area contributed by atoms with Crippen molar-refractivity contribution in [3.8, 4) is 11.1 Å². The van der Waals surface area contributed by atoms with Gasteiger partial charge in [0.1, 0.15) is 0 Å². The number of hydrogen-bond acceptors (Lipinski definition) is 4. The third kappa shape index (κ3) is 2.94. The van der Waals surface area contributed by atoms with E-state index in [0.717, 1.165) is 28.3 Å². The van der Waals surface area contributed by atoms with Gasteiger partial charge in [0.15, 0.2) is 5.65 Å². The molecule has 3 heterocycles. The first-order valence-corrected chi connectivity index (χ1v) is 12.3. The minimum atomic E-state index is -3.76. The Hall–Kier alpha value is -2.93. The maximum atomic E-state index is 13.4. The lowest BCUT2D eigenvalue weighted by atomic mass is 9.84. The van der Waals surface area contributed by atoms with Gasteiger partial charge in [-0.15, -0.1) is 0 Å². The normalized spacial score (nSPS) is 23.1. The third-order valence-electron chi connectivity index (χ3n) is 7.12. The van der Waals surface area contributed by atoms with Crippen LogP contribution in [0.1, 0.15) is 37.2 Å². The smallest absolute Gasteiger partial charge is 0.269 e. The van der Waals surface area contributed by atoms with Crippen LogP contribution in [0.15, 0.2) is 66.1 Å².